The fraction of sp³-hybridized carbons (Fsp3) is 1.00. The molecule has 0 heterocycles. The Morgan fingerprint density at radius 1 is 1.20 bits per heavy atom. The van der Waals surface area contributed by atoms with Crippen molar-refractivity contribution in [3.8, 4) is 0 Å². The summed E-state index contributed by atoms with van der Waals surface area (Å²) >= 11 is 0. The normalized spacial score (nSPS) is 50.1. The summed E-state index contributed by atoms with van der Waals surface area (Å²) in [6, 6.07) is 0.304. The van der Waals surface area contributed by atoms with Crippen LogP contribution in [0, 0.1) is 29.1 Å². The standard InChI is InChI=1S/C12H19N3/c1-12(2)9-4-7-3-8(6-9)11(14-15-13)10(12)5-7/h7-11H,3-6H2,1-2H3. The SMILES string of the molecule is CC1(C)C2CC3CC(C2)C(N=[N+]=[N-])C1C3. The number of hydrogen-bond acceptors (Lipinski definition) is 1. The van der Waals surface area contributed by atoms with Crippen LogP contribution in [0.4, 0.5) is 0 Å². The maximum Gasteiger partial charge on any atom is 0.0436 e. The Bertz CT molecular complexity index is 330. The quantitative estimate of drug-likeness (QED) is 0.355. The monoisotopic (exact) mass is 205 g/mol. The van der Waals surface area contributed by atoms with E-state index in [-0.39, 0.29) is 0 Å². The predicted molar refractivity (Wildman–Crippen MR) is 59.1 cm³/mol. The molecule has 0 spiro atoms. The number of nitrogens with zero attached hydrogens (tertiary/aromatic N) is 3. The summed E-state index contributed by atoms with van der Waals surface area (Å²) in [5, 5.41) is 4.10. The lowest BCUT2D eigenvalue weighted by Crippen LogP contribution is -2.56. The van der Waals surface area contributed by atoms with Crippen LogP contribution in [0.15, 0.2) is 5.11 Å². The molecule has 0 aromatic heterocycles. The van der Waals surface area contributed by atoms with E-state index in [0.717, 1.165) is 11.8 Å². The largest absolute Gasteiger partial charge is 0.0900 e. The highest BCUT2D eigenvalue weighted by atomic mass is 15.2. The Balaban J connectivity index is 1.99. The van der Waals surface area contributed by atoms with Crippen LogP contribution >= 0.6 is 0 Å². The molecule has 0 aromatic carbocycles. The summed E-state index contributed by atoms with van der Waals surface area (Å²) in [6.07, 6.45) is 5.38. The molecule has 3 nitrogen and oxygen atoms in total. The van der Waals surface area contributed by atoms with Crippen LogP contribution in [0.3, 0.4) is 0 Å². The maximum atomic E-state index is 8.68. The summed E-state index contributed by atoms with van der Waals surface area (Å²) in [5.41, 5.74) is 9.09. The third kappa shape index (κ3) is 1.16. The van der Waals surface area contributed by atoms with Crippen LogP contribution in [-0.2, 0) is 0 Å². The molecule has 4 aliphatic carbocycles. The van der Waals surface area contributed by atoms with Crippen LogP contribution in [-0.4, -0.2) is 6.04 Å². The molecule has 4 rings (SSSR count). The summed E-state index contributed by atoms with van der Waals surface area (Å²) in [4.78, 5) is 3.07. The smallest absolute Gasteiger partial charge is 0.0436 e. The first-order chi connectivity index (χ1) is 7.13. The topological polar surface area (TPSA) is 48.8 Å². The van der Waals surface area contributed by atoms with Crippen LogP contribution in [0.2, 0.25) is 0 Å². The maximum absolute atomic E-state index is 8.68. The summed E-state index contributed by atoms with van der Waals surface area (Å²) in [5.74, 6) is 3.20. The summed E-state index contributed by atoms with van der Waals surface area (Å²) < 4.78 is 0. The first-order valence-electron chi connectivity index (χ1n) is 6.17. The minimum absolute atomic E-state index is 0.304. The zero-order valence-electron chi connectivity index (χ0n) is 9.56. The molecule has 0 amide bonds. The predicted octanol–water partition coefficient (Wildman–Crippen LogP) is 3.76. The highest BCUT2D eigenvalue weighted by Gasteiger charge is 2.56. The second kappa shape index (κ2) is 2.91. The van der Waals surface area contributed by atoms with Crippen molar-refractivity contribution in [1.29, 1.82) is 0 Å². The molecule has 3 heteroatoms. The van der Waals surface area contributed by atoms with Crippen molar-refractivity contribution in [3.05, 3.63) is 10.4 Å². The van der Waals surface area contributed by atoms with Crippen molar-refractivity contribution in [2.45, 2.75) is 45.6 Å². The molecular weight excluding hydrogens is 186 g/mol. The fourth-order valence-electron chi connectivity index (χ4n) is 4.67. The molecule has 0 radical (unpaired) electrons. The minimum Gasteiger partial charge on any atom is -0.0900 e. The highest BCUT2D eigenvalue weighted by Crippen LogP contribution is 2.62. The van der Waals surface area contributed by atoms with Gasteiger partial charge < -0.3 is 0 Å². The molecule has 82 valence electrons. The van der Waals surface area contributed by atoms with E-state index in [0.29, 0.717) is 23.3 Å². The number of rotatable bonds is 1. The van der Waals surface area contributed by atoms with Crippen molar-refractivity contribution < 1.29 is 0 Å². The lowest BCUT2D eigenvalue weighted by molar-refractivity contribution is -0.101. The number of hydrogen-bond donors (Lipinski definition) is 0. The van der Waals surface area contributed by atoms with E-state index in [1.165, 1.54) is 25.7 Å². The van der Waals surface area contributed by atoms with Gasteiger partial charge in [0.2, 0.25) is 0 Å². The molecule has 4 saturated carbocycles. The minimum atomic E-state index is 0.304. The summed E-state index contributed by atoms with van der Waals surface area (Å²) in [6.45, 7) is 4.78. The fourth-order valence-corrected chi connectivity index (χ4v) is 4.67. The van der Waals surface area contributed by atoms with Gasteiger partial charge in [-0.15, -0.1) is 0 Å². The Hall–Kier alpha value is -0.690. The average molecular weight is 205 g/mol. The number of azide groups is 1. The second-order valence-electron chi connectivity index (χ2n) is 6.39. The molecule has 0 aromatic rings. The molecule has 0 N–H and O–H groups in total. The van der Waals surface area contributed by atoms with Crippen molar-refractivity contribution >= 4 is 0 Å². The average Bonchev–Trinajstić information content (AvgIpc) is 2.19. The third-order valence-electron chi connectivity index (χ3n) is 5.52. The van der Waals surface area contributed by atoms with E-state index in [1.54, 1.807) is 0 Å². The Labute approximate surface area is 90.9 Å². The Kier molecular flexibility index (Phi) is 1.85. The Morgan fingerprint density at radius 2 is 2.00 bits per heavy atom. The van der Waals surface area contributed by atoms with E-state index >= 15 is 0 Å². The van der Waals surface area contributed by atoms with Gasteiger partial charge in [0, 0.05) is 11.0 Å². The van der Waals surface area contributed by atoms with Gasteiger partial charge in [0.15, 0.2) is 0 Å². The van der Waals surface area contributed by atoms with Gasteiger partial charge in [0.05, 0.1) is 0 Å². The lowest BCUT2D eigenvalue weighted by atomic mass is 9.45. The van der Waals surface area contributed by atoms with Gasteiger partial charge in [-0.2, -0.15) is 0 Å². The van der Waals surface area contributed by atoms with Gasteiger partial charge in [-0.25, -0.2) is 0 Å². The third-order valence-corrected chi connectivity index (χ3v) is 5.52. The molecule has 4 fully saturated rings. The first kappa shape index (κ1) is 9.53. The van der Waals surface area contributed by atoms with E-state index in [4.69, 9.17) is 5.53 Å². The van der Waals surface area contributed by atoms with Gasteiger partial charge >= 0.3 is 0 Å². The Morgan fingerprint density at radius 3 is 2.73 bits per heavy atom. The first-order valence-corrected chi connectivity index (χ1v) is 6.17. The summed E-state index contributed by atoms with van der Waals surface area (Å²) in [7, 11) is 0. The van der Waals surface area contributed by atoms with Crippen LogP contribution in [0.25, 0.3) is 10.4 Å². The molecule has 4 aliphatic rings. The molecule has 5 unspecified atom stereocenters. The molecule has 15 heavy (non-hydrogen) atoms. The van der Waals surface area contributed by atoms with Crippen LogP contribution in [0.1, 0.15) is 39.5 Å². The van der Waals surface area contributed by atoms with E-state index < -0.39 is 0 Å². The molecule has 5 atom stereocenters. The highest BCUT2D eigenvalue weighted by molar-refractivity contribution is 5.08. The molecule has 0 aliphatic heterocycles. The molecule has 4 bridgehead atoms. The van der Waals surface area contributed by atoms with E-state index in [9.17, 15) is 0 Å². The van der Waals surface area contributed by atoms with E-state index in [2.05, 4.69) is 23.9 Å². The zero-order valence-corrected chi connectivity index (χ0v) is 9.56. The van der Waals surface area contributed by atoms with Gasteiger partial charge in [-0.3, -0.25) is 0 Å². The van der Waals surface area contributed by atoms with Gasteiger partial charge in [-0.05, 0) is 60.3 Å². The van der Waals surface area contributed by atoms with Crippen molar-refractivity contribution in [1.82, 2.24) is 0 Å². The van der Waals surface area contributed by atoms with Crippen LogP contribution in [0.5, 0.6) is 0 Å². The van der Waals surface area contributed by atoms with Crippen molar-refractivity contribution in [2.24, 2.45) is 34.2 Å². The molecule has 0 saturated heterocycles. The molecular formula is C12H19N3. The second-order valence-corrected chi connectivity index (χ2v) is 6.39. The van der Waals surface area contributed by atoms with Crippen molar-refractivity contribution in [2.75, 3.05) is 0 Å². The van der Waals surface area contributed by atoms with E-state index in [1.807, 2.05) is 0 Å². The lowest BCUT2D eigenvalue weighted by Gasteiger charge is -2.61. The van der Waals surface area contributed by atoms with Gasteiger partial charge in [0.25, 0.3) is 0 Å². The zero-order chi connectivity index (χ0) is 10.6. The van der Waals surface area contributed by atoms with Gasteiger partial charge in [0.1, 0.15) is 0 Å². The van der Waals surface area contributed by atoms with Crippen molar-refractivity contribution in [3.63, 3.8) is 0 Å². The van der Waals surface area contributed by atoms with Crippen LogP contribution < -0.4 is 0 Å². The van der Waals surface area contributed by atoms with Gasteiger partial charge in [-0.1, -0.05) is 19.0 Å².